The van der Waals surface area contributed by atoms with E-state index < -0.39 is 15.3 Å². The van der Waals surface area contributed by atoms with Crippen LogP contribution in [0.3, 0.4) is 0 Å². The lowest BCUT2D eigenvalue weighted by Crippen LogP contribution is -2.38. The number of hydrogen-bond donors (Lipinski definition) is 3. The van der Waals surface area contributed by atoms with Gasteiger partial charge in [-0.25, -0.2) is 23.4 Å². The molecule has 1 aliphatic heterocycles. The van der Waals surface area contributed by atoms with Gasteiger partial charge in [0.25, 0.3) is 0 Å². The van der Waals surface area contributed by atoms with Gasteiger partial charge in [0.05, 0.1) is 22.2 Å². The Hall–Kier alpha value is -3.76. The van der Waals surface area contributed by atoms with Crippen LogP contribution >= 0.6 is 0 Å². The van der Waals surface area contributed by atoms with E-state index in [-0.39, 0.29) is 6.04 Å². The van der Waals surface area contributed by atoms with Gasteiger partial charge in [0.15, 0.2) is 0 Å². The molecule has 9 nitrogen and oxygen atoms in total. The van der Waals surface area contributed by atoms with Crippen molar-refractivity contribution in [1.29, 1.82) is 0 Å². The van der Waals surface area contributed by atoms with Crippen molar-refractivity contribution >= 4 is 32.4 Å². The second-order valence-corrected chi connectivity index (χ2v) is 12.0. The van der Waals surface area contributed by atoms with Crippen molar-refractivity contribution in [1.82, 2.24) is 20.3 Å². The zero-order chi connectivity index (χ0) is 26.7. The quantitative estimate of drug-likeness (QED) is 0.287. The van der Waals surface area contributed by atoms with Crippen LogP contribution < -0.4 is 20.1 Å². The number of nitrogens with one attached hydrogen (secondary N) is 3. The van der Waals surface area contributed by atoms with Gasteiger partial charge in [0.2, 0.25) is 21.9 Å². The minimum atomic E-state index is -3.51. The number of hydrogen-bond acceptors (Lipinski definition) is 8. The molecule has 1 fully saturated rings. The Kier molecular flexibility index (Phi) is 7.44. The lowest BCUT2D eigenvalue weighted by molar-refractivity contribution is 0.466. The third-order valence-electron chi connectivity index (χ3n) is 6.61. The van der Waals surface area contributed by atoms with E-state index in [1.807, 2.05) is 49.4 Å². The monoisotopic (exact) mass is 532 g/mol. The molecule has 3 N–H and O–H groups in total. The van der Waals surface area contributed by atoms with Gasteiger partial charge in [-0.3, -0.25) is 4.72 Å². The van der Waals surface area contributed by atoms with E-state index in [4.69, 9.17) is 9.72 Å². The first-order chi connectivity index (χ1) is 18.3. The second kappa shape index (κ2) is 10.9. The Morgan fingerprint density at radius 1 is 1.03 bits per heavy atom. The molecule has 1 aliphatic rings. The predicted molar refractivity (Wildman–Crippen MR) is 151 cm³/mol. The molecule has 2 aromatic carbocycles. The Morgan fingerprint density at radius 2 is 1.89 bits per heavy atom. The smallest absolute Gasteiger partial charge is 0.235 e. The van der Waals surface area contributed by atoms with Crippen LogP contribution in [0.2, 0.25) is 0 Å². The molecule has 38 heavy (non-hydrogen) atoms. The summed E-state index contributed by atoms with van der Waals surface area (Å²) in [5.41, 5.74) is 2.82. The van der Waals surface area contributed by atoms with Crippen LogP contribution in [0.5, 0.6) is 11.6 Å². The summed E-state index contributed by atoms with van der Waals surface area (Å²) in [5, 5.41) is 7.78. The number of anilines is 2. The Bertz CT molecular complexity index is 1550. The molecule has 0 saturated carbocycles. The number of piperidine rings is 1. The molecule has 198 valence electrons. The molecule has 1 atom stereocenters. The standard InChI is InChI=1S/C28H32N6O3S/c1-18(2)38(35,36)34-25-10-4-8-22-21(25)12-11-19(3)26(22)37-27-23(9-6-15-30-27)24-13-16-31-28(33-24)32-20-7-5-14-29-17-20/h4,6,8-13,15-16,18,20,29,34H,5,7,14,17H2,1-3H3,(H,31,32,33). The normalized spacial score (nSPS) is 15.9. The van der Waals surface area contributed by atoms with Gasteiger partial charge in [0, 0.05) is 35.8 Å². The zero-order valence-corrected chi connectivity index (χ0v) is 22.5. The fourth-order valence-electron chi connectivity index (χ4n) is 4.43. The highest BCUT2D eigenvalue weighted by atomic mass is 32.2. The summed E-state index contributed by atoms with van der Waals surface area (Å²) in [6.45, 7) is 7.16. The molecule has 0 spiro atoms. The molecule has 1 unspecified atom stereocenters. The number of aryl methyl sites for hydroxylation is 1. The SMILES string of the molecule is Cc1ccc2c(NS(=O)(=O)C(C)C)cccc2c1Oc1ncccc1-c1ccnc(NC2CCCNC2)n1. The molecule has 3 heterocycles. The zero-order valence-electron chi connectivity index (χ0n) is 21.7. The maximum Gasteiger partial charge on any atom is 0.235 e. The van der Waals surface area contributed by atoms with Gasteiger partial charge >= 0.3 is 0 Å². The van der Waals surface area contributed by atoms with E-state index in [1.165, 1.54) is 0 Å². The Labute approximate surface area is 223 Å². The molecule has 2 aromatic heterocycles. The molecule has 1 saturated heterocycles. The summed E-state index contributed by atoms with van der Waals surface area (Å²) >= 11 is 0. The number of pyridine rings is 1. The van der Waals surface area contributed by atoms with Gasteiger partial charge in [-0.15, -0.1) is 0 Å². The molecule has 0 bridgehead atoms. The molecule has 0 amide bonds. The van der Waals surface area contributed by atoms with E-state index in [0.29, 0.717) is 29.0 Å². The molecule has 5 rings (SSSR count). The first-order valence-electron chi connectivity index (χ1n) is 12.8. The first kappa shape index (κ1) is 25.9. The summed E-state index contributed by atoms with van der Waals surface area (Å²) in [6, 6.07) is 15.2. The number of rotatable bonds is 8. The van der Waals surface area contributed by atoms with Gasteiger partial charge in [-0.2, -0.15) is 0 Å². The summed E-state index contributed by atoms with van der Waals surface area (Å²) in [6.07, 6.45) is 5.59. The minimum Gasteiger partial charge on any atom is -0.437 e. The van der Waals surface area contributed by atoms with Gasteiger partial charge < -0.3 is 15.4 Å². The van der Waals surface area contributed by atoms with Crippen molar-refractivity contribution in [2.45, 2.75) is 44.9 Å². The fourth-order valence-corrected chi connectivity index (χ4v) is 5.15. The number of fused-ring (bicyclic) bond motifs is 1. The van der Waals surface area contributed by atoms with Crippen molar-refractivity contribution in [2.24, 2.45) is 0 Å². The highest BCUT2D eigenvalue weighted by molar-refractivity contribution is 7.93. The molecule has 10 heteroatoms. The third-order valence-corrected chi connectivity index (χ3v) is 8.36. The number of benzene rings is 2. The highest BCUT2D eigenvalue weighted by Gasteiger charge is 2.20. The lowest BCUT2D eigenvalue weighted by Gasteiger charge is -2.23. The van der Waals surface area contributed by atoms with E-state index in [1.54, 1.807) is 32.3 Å². The Morgan fingerprint density at radius 3 is 2.68 bits per heavy atom. The van der Waals surface area contributed by atoms with E-state index in [2.05, 4.69) is 25.3 Å². The van der Waals surface area contributed by atoms with Crippen LogP contribution in [0, 0.1) is 6.92 Å². The molecule has 0 radical (unpaired) electrons. The summed E-state index contributed by atoms with van der Waals surface area (Å²) in [5.74, 6) is 1.57. The van der Waals surface area contributed by atoms with E-state index in [9.17, 15) is 8.42 Å². The predicted octanol–water partition coefficient (Wildman–Crippen LogP) is 5.11. The summed E-state index contributed by atoms with van der Waals surface area (Å²) in [4.78, 5) is 13.7. The van der Waals surface area contributed by atoms with Crippen molar-refractivity contribution in [3.8, 4) is 22.9 Å². The topological polar surface area (TPSA) is 118 Å². The van der Waals surface area contributed by atoms with Crippen LogP contribution in [0.15, 0.2) is 60.9 Å². The average Bonchev–Trinajstić information content (AvgIpc) is 2.91. The number of sulfonamides is 1. The van der Waals surface area contributed by atoms with Crippen molar-refractivity contribution in [3.05, 3.63) is 66.5 Å². The average molecular weight is 533 g/mol. The first-order valence-corrected chi connectivity index (χ1v) is 14.3. The van der Waals surface area contributed by atoms with Crippen LogP contribution in [-0.4, -0.2) is 47.8 Å². The maximum atomic E-state index is 12.6. The van der Waals surface area contributed by atoms with Gasteiger partial charge in [-0.05, 0) is 70.0 Å². The second-order valence-electron chi connectivity index (χ2n) is 9.72. The van der Waals surface area contributed by atoms with E-state index in [0.717, 1.165) is 47.8 Å². The van der Waals surface area contributed by atoms with Crippen molar-refractivity contribution in [3.63, 3.8) is 0 Å². The van der Waals surface area contributed by atoms with Crippen LogP contribution in [0.4, 0.5) is 11.6 Å². The molecule has 0 aliphatic carbocycles. The maximum absolute atomic E-state index is 12.6. The summed E-state index contributed by atoms with van der Waals surface area (Å²) < 4.78 is 34.3. The highest BCUT2D eigenvalue weighted by Crippen LogP contribution is 2.38. The van der Waals surface area contributed by atoms with Gasteiger partial charge in [-0.1, -0.05) is 24.3 Å². The third kappa shape index (κ3) is 5.56. The van der Waals surface area contributed by atoms with E-state index >= 15 is 0 Å². The lowest BCUT2D eigenvalue weighted by atomic mass is 10.0. The van der Waals surface area contributed by atoms with Gasteiger partial charge in [0.1, 0.15) is 5.75 Å². The number of nitrogens with zero attached hydrogens (tertiary/aromatic N) is 3. The largest absolute Gasteiger partial charge is 0.437 e. The van der Waals surface area contributed by atoms with Crippen LogP contribution in [0.25, 0.3) is 22.0 Å². The molecule has 4 aromatic rings. The fraction of sp³-hybridized carbons (Fsp3) is 0.321. The van der Waals surface area contributed by atoms with Crippen LogP contribution in [-0.2, 0) is 10.0 Å². The molecular formula is C28H32N6O3S. The Balaban J connectivity index is 1.50. The van der Waals surface area contributed by atoms with Crippen molar-refractivity contribution < 1.29 is 13.2 Å². The summed E-state index contributed by atoms with van der Waals surface area (Å²) in [7, 11) is -3.51. The van der Waals surface area contributed by atoms with Crippen LogP contribution in [0.1, 0.15) is 32.3 Å². The number of ether oxygens (including phenoxy) is 1. The van der Waals surface area contributed by atoms with Crippen molar-refractivity contribution in [2.75, 3.05) is 23.1 Å². The minimum absolute atomic E-state index is 0.282. The molecular weight excluding hydrogens is 500 g/mol. The number of aromatic nitrogens is 3.